The van der Waals surface area contributed by atoms with E-state index in [2.05, 4.69) is 186 Å². The second-order valence-corrected chi connectivity index (χ2v) is 15.2. The number of hydrogen-bond donors (Lipinski definition) is 0. The van der Waals surface area contributed by atoms with E-state index in [-0.39, 0.29) is 5.92 Å². The van der Waals surface area contributed by atoms with Crippen LogP contribution >= 0.6 is 0 Å². The molecule has 0 bridgehead atoms. The first-order valence-electron chi connectivity index (χ1n) is 20.4. The highest BCUT2D eigenvalue weighted by molar-refractivity contribution is 6.29. The second kappa shape index (κ2) is 16.9. The van der Waals surface area contributed by atoms with E-state index in [1.165, 1.54) is 89.4 Å². The number of fused-ring (bicyclic) bond motifs is 3. The minimum Gasteiger partial charge on any atom is -0.251 e. The van der Waals surface area contributed by atoms with Gasteiger partial charge in [-0.1, -0.05) is 192 Å². The summed E-state index contributed by atoms with van der Waals surface area (Å²) in [5.41, 5.74) is 15.0. The lowest BCUT2D eigenvalue weighted by molar-refractivity contribution is 0.603. The molecule has 0 aromatic heterocycles. The summed E-state index contributed by atoms with van der Waals surface area (Å²) >= 11 is 0. The maximum absolute atomic E-state index is 6.09. The first-order chi connectivity index (χ1) is 26.9. The van der Waals surface area contributed by atoms with Gasteiger partial charge in [-0.25, -0.2) is 0 Å². The number of rotatable bonds is 5. The standard InChI is InChI=1S/C52H49N.C2H6/c1-34-19-18-25-39-20-12-13-27-43(39)48(33-34)37(4)51(47-32-31-35(2)36(3)42-26-14-15-28-44(42)47)53-52-38(5)49(40-21-8-6-9-22-40)45-29-16-17-30-46(45)50(52)41-23-10-7-11-24-41;1-2/h6-17,20-24,26-35,38H,18-19,25H2,1-5H3;1-2H3/b48-33-,51-37+,53-52?;. The van der Waals surface area contributed by atoms with Gasteiger partial charge in [0.25, 0.3) is 0 Å². The molecule has 0 saturated heterocycles. The zero-order valence-electron chi connectivity index (χ0n) is 33.7. The Kier molecular flexibility index (Phi) is 11.6. The Balaban J connectivity index is 0.00000229. The fourth-order valence-electron chi connectivity index (χ4n) is 8.73. The average Bonchev–Trinajstić information content (AvgIpc) is 3.35. The molecule has 3 aliphatic rings. The first-order valence-corrected chi connectivity index (χ1v) is 20.4. The van der Waals surface area contributed by atoms with Gasteiger partial charge in [-0.05, 0) is 105 Å². The molecule has 0 spiro atoms. The van der Waals surface area contributed by atoms with E-state index in [0.717, 1.165) is 17.8 Å². The highest BCUT2D eigenvalue weighted by Gasteiger charge is 2.29. The third kappa shape index (κ3) is 7.46. The van der Waals surface area contributed by atoms with Crippen molar-refractivity contribution in [3.8, 4) is 0 Å². The van der Waals surface area contributed by atoms with E-state index in [1.807, 2.05) is 13.8 Å². The summed E-state index contributed by atoms with van der Waals surface area (Å²) in [6, 6.07) is 48.8. The molecule has 0 aliphatic heterocycles. The number of allylic oxidation sites excluding steroid dienone is 5. The molecule has 3 aliphatic carbocycles. The van der Waals surface area contributed by atoms with Crippen LogP contribution in [0, 0.1) is 17.8 Å². The Labute approximate surface area is 328 Å². The summed E-state index contributed by atoms with van der Waals surface area (Å²) in [6.07, 6.45) is 10.7. The van der Waals surface area contributed by atoms with Gasteiger partial charge in [-0.15, -0.1) is 0 Å². The summed E-state index contributed by atoms with van der Waals surface area (Å²) in [4.78, 5) is 6.09. The summed E-state index contributed by atoms with van der Waals surface area (Å²) in [5, 5.41) is 5.06. The van der Waals surface area contributed by atoms with Gasteiger partial charge in [0.1, 0.15) is 0 Å². The summed E-state index contributed by atoms with van der Waals surface area (Å²) < 4.78 is 0. The summed E-state index contributed by atoms with van der Waals surface area (Å²) in [6.45, 7) is 15.7. The quantitative estimate of drug-likeness (QED) is 0.172. The predicted molar refractivity (Wildman–Crippen MR) is 237 cm³/mol. The van der Waals surface area contributed by atoms with Crippen molar-refractivity contribution in [2.24, 2.45) is 22.7 Å². The second-order valence-electron chi connectivity index (χ2n) is 15.2. The van der Waals surface area contributed by atoms with Crippen molar-refractivity contribution in [1.82, 2.24) is 0 Å². The van der Waals surface area contributed by atoms with E-state index in [1.54, 1.807) is 0 Å². The Morgan fingerprint density at radius 3 is 1.93 bits per heavy atom. The van der Waals surface area contributed by atoms with Crippen molar-refractivity contribution in [3.63, 3.8) is 0 Å². The summed E-state index contributed by atoms with van der Waals surface area (Å²) in [7, 11) is 0. The minimum atomic E-state index is 0.0284. The molecular weight excluding hydrogens is 663 g/mol. The van der Waals surface area contributed by atoms with Gasteiger partial charge in [-0.2, -0.15) is 0 Å². The molecular formula is C54H55N. The third-order valence-corrected chi connectivity index (χ3v) is 11.7. The van der Waals surface area contributed by atoms with Crippen LogP contribution in [0.4, 0.5) is 0 Å². The van der Waals surface area contributed by atoms with Gasteiger partial charge in [0.2, 0.25) is 0 Å². The van der Waals surface area contributed by atoms with Gasteiger partial charge < -0.3 is 0 Å². The number of hydrogen-bond acceptors (Lipinski definition) is 1. The minimum absolute atomic E-state index is 0.0284. The van der Waals surface area contributed by atoms with Crippen LogP contribution in [0.5, 0.6) is 0 Å². The molecule has 8 rings (SSSR count). The molecule has 5 aromatic carbocycles. The monoisotopic (exact) mass is 717 g/mol. The summed E-state index contributed by atoms with van der Waals surface area (Å²) in [5.74, 6) is 0.805. The molecule has 0 amide bonds. The predicted octanol–water partition coefficient (Wildman–Crippen LogP) is 10.8. The first kappa shape index (κ1) is 37.8. The Bertz CT molecular complexity index is 2580. The molecule has 1 heteroatoms. The van der Waals surface area contributed by atoms with Crippen molar-refractivity contribution < 1.29 is 0 Å². The molecule has 0 saturated carbocycles. The largest absolute Gasteiger partial charge is 0.251 e. The molecule has 1 nitrogen and oxygen atoms in total. The van der Waals surface area contributed by atoms with Gasteiger partial charge in [0.15, 0.2) is 0 Å². The molecule has 0 N–H and O–H groups in total. The van der Waals surface area contributed by atoms with E-state index >= 15 is 0 Å². The zero-order chi connectivity index (χ0) is 38.5. The van der Waals surface area contributed by atoms with Crippen molar-refractivity contribution in [1.29, 1.82) is 0 Å². The van der Waals surface area contributed by atoms with Crippen LogP contribution in [0.15, 0.2) is 168 Å². The van der Waals surface area contributed by atoms with Crippen molar-refractivity contribution >= 4 is 33.6 Å². The molecule has 276 valence electrons. The lowest BCUT2D eigenvalue weighted by atomic mass is 9.78. The van der Waals surface area contributed by atoms with Gasteiger partial charge in [0, 0.05) is 17.1 Å². The highest BCUT2D eigenvalue weighted by atomic mass is 14.8. The molecule has 0 fully saturated rings. The number of benzene rings is 5. The maximum Gasteiger partial charge on any atom is 0.0747 e. The Morgan fingerprint density at radius 2 is 1.22 bits per heavy atom. The number of aryl methyl sites for hydroxylation is 1. The van der Waals surface area contributed by atoms with Gasteiger partial charge >= 0.3 is 0 Å². The SMILES string of the molecule is CC.CC1=c2ccccc2=C(/C(N=C2C(c3ccccc3)=c3ccccc3=C(c3ccccc3)C2C)=C(C)\C2=C\C(C)CCCc3ccccc32)C=CC1C. The van der Waals surface area contributed by atoms with Gasteiger partial charge in [-0.3, -0.25) is 4.99 Å². The van der Waals surface area contributed by atoms with Crippen molar-refractivity contribution in [2.75, 3.05) is 0 Å². The van der Waals surface area contributed by atoms with E-state index < -0.39 is 0 Å². The van der Waals surface area contributed by atoms with E-state index in [4.69, 9.17) is 4.99 Å². The molecule has 0 heterocycles. The normalized spacial score (nSPS) is 21.4. The van der Waals surface area contributed by atoms with Crippen LogP contribution in [0.25, 0.3) is 27.9 Å². The number of nitrogens with zero attached hydrogens (tertiary/aromatic N) is 1. The number of aliphatic imine (C=N–C) groups is 1. The van der Waals surface area contributed by atoms with Crippen LogP contribution in [0.1, 0.15) is 83.6 Å². The smallest absolute Gasteiger partial charge is 0.0747 e. The lowest BCUT2D eigenvalue weighted by Gasteiger charge is -2.28. The Hall–Kier alpha value is -5.53. The van der Waals surface area contributed by atoms with Crippen LogP contribution in [0.3, 0.4) is 0 Å². The molecule has 3 unspecified atom stereocenters. The zero-order valence-corrected chi connectivity index (χ0v) is 33.7. The van der Waals surface area contributed by atoms with Crippen LogP contribution in [-0.2, 0) is 6.42 Å². The van der Waals surface area contributed by atoms with Gasteiger partial charge in [0.05, 0.1) is 11.4 Å². The van der Waals surface area contributed by atoms with Crippen LogP contribution in [-0.4, -0.2) is 5.71 Å². The molecule has 5 aromatic rings. The van der Waals surface area contributed by atoms with Crippen molar-refractivity contribution in [3.05, 3.63) is 206 Å². The van der Waals surface area contributed by atoms with Crippen molar-refractivity contribution in [2.45, 2.75) is 67.7 Å². The fraction of sp³-hybridized carbons (Fsp3) is 0.241. The Morgan fingerprint density at radius 1 is 0.636 bits per heavy atom. The van der Waals surface area contributed by atoms with E-state index in [9.17, 15) is 0 Å². The molecule has 55 heavy (non-hydrogen) atoms. The average molecular weight is 718 g/mol. The fourth-order valence-corrected chi connectivity index (χ4v) is 8.73. The van der Waals surface area contributed by atoms with E-state index in [0.29, 0.717) is 11.8 Å². The lowest BCUT2D eigenvalue weighted by Crippen LogP contribution is -2.40. The highest BCUT2D eigenvalue weighted by Crippen LogP contribution is 2.38. The third-order valence-electron chi connectivity index (χ3n) is 11.7. The molecule has 3 atom stereocenters. The maximum atomic E-state index is 6.09. The topological polar surface area (TPSA) is 12.4 Å². The van der Waals surface area contributed by atoms with Crippen LogP contribution < -0.4 is 20.9 Å². The van der Waals surface area contributed by atoms with Crippen LogP contribution in [0.2, 0.25) is 0 Å². The molecule has 0 radical (unpaired) electrons.